The second-order valence-electron chi connectivity index (χ2n) is 5.92. The van der Waals surface area contributed by atoms with Crippen molar-refractivity contribution >= 4 is 0 Å². The largest absolute Gasteiger partial charge is 0.457 e. The minimum atomic E-state index is -3.30. The van der Waals surface area contributed by atoms with Crippen LogP contribution in [0.3, 0.4) is 0 Å². The number of benzene rings is 1. The third kappa shape index (κ3) is 3.81. The Hall–Kier alpha value is -2.97. The first-order chi connectivity index (χ1) is 12.2. The lowest BCUT2D eigenvalue weighted by atomic mass is 10.1. The van der Waals surface area contributed by atoms with Crippen LogP contribution in [0.2, 0.25) is 0 Å². The highest BCUT2D eigenvalue weighted by molar-refractivity contribution is 5.37. The predicted octanol–water partition coefficient (Wildman–Crippen LogP) is 3.50. The molecule has 0 spiro atoms. The molecule has 0 unspecified atom stereocenters. The average Bonchev–Trinajstić information content (AvgIpc) is 3.04. The lowest BCUT2D eigenvalue weighted by molar-refractivity contribution is 0.0137. The Kier molecular flexibility index (Phi) is 4.62. The lowest BCUT2D eigenvalue weighted by Gasteiger charge is -2.12. The summed E-state index contributed by atoms with van der Waals surface area (Å²) in [4.78, 5) is 8.24. The van der Waals surface area contributed by atoms with E-state index in [0.717, 1.165) is 23.4 Å². The Morgan fingerprint density at radius 1 is 1.23 bits per heavy atom. The van der Waals surface area contributed by atoms with Crippen molar-refractivity contribution < 1.29 is 17.9 Å². The molecule has 2 aromatic heterocycles. The van der Waals surface area contributed by atoms with E-state index in [9.17, 15) is 13.2 Å². The smallest absolute Gasteiger partial charge is 0.316 e. The molecule has 0 bridgehead atoms. The van der Waals surface area contributed by atoms with Gasteiger partial charge in [0.15, 0.2) is 0 Å². The van der Waals surface area contributed by atoms with Crippen LogP contribution in [-0.2, 0) is 12.5 Å². The fourth-order valence-electron chi connectivity index (χ4n) is 2.20. The van der Waals surface area contributed by atoms with Crippen LogP contribution in [0.1, 0.15) is 29.4 Å². The molecule has 0 aliphatic heterocycles. The Morgan fingerprint density at radius 2 is 2.00 bits per heavy atom. The van der Waals surface area contributed by atoms with Gasteiger partial charge in [-0.2, -0.15) is 0 Å². The molecule has 3 rings (SSSR count). The molecule has 0 N–H and O–H groups in total. The molecule has 0 fully saturated rings. The monoisotopic (exact) mass is 363 g/mol. The van der Waals surface area contributed by atoms with Crippen molar-refractivity contribution in [2.45, 2.75) is 33.3 Å². The summed E-state index contributed by atoms with van der Waals surface area (Å²) in [5, 5.41) is 7.77. The molecule has 3 aromatic rings. The molecule has 0 amide bonds. The van der Waals surface area contributed by atoms with Crippen molar-refractivity contribution in [3.05, 3.63) is 58.9 Å². The van der Waals surface area contributed by atoms with Gasteiger partial charge in [-0.1, -0.05) is 5.21 Å². The maximum atomic E-state index is 13.6. The maximum Gasteiger partial charge on any atom is 0.316 e. The van der Waals surface area contributed by atoms with Crippen molar-refractivity contribution in [2.24, 2.45) is 0 Å². The Bertz CT molecular complexity index is 936. The number of alkyl halides is 2. The zero-order valence-corrected chi connectivity index (χ0v) is 14.4. The first-order valence-electron chi connectivity index (χ1n) is 7.76. The van der Waals surface area contributed by atoms with Crippen molar-refractivity contribution in [1.82, 2.24) is 25.0 Å². The van der Waals surface area contributed by atoms with Crippen LogP contribution in [0.5, 0.6) is 6.01 Å². The molecule has 6 nitrogen and oxygen atoms in total. The summed E-state index contributed by atoms with van der Waals surface area (Å²) >= 11 is 0. The highest BCUT2D eigenvalue weighted by Crippen LogP contribution is 2.30. The van der Waals surface area contributed by atoms with Gasteiger partial charge in [0, 0.05) is 18.8 Å². The van der Waals surface area contributed by atoms with E-state index in [0.29, 0.717) is 12.6 Å². The molecule has 1 aromatic carbocycles. The van der Waals surface area contributed by atoms with E-state index < -0.39 is 17.3 Å². The number of hydrogen-bond acceptors (Lipinski definition) is 5. The highest BCUT2D eigenvalue weighted by atomic mass is 19.3. The van der Waals surface area contributed by atoms with Crippen molar-refractivity contribution in [3.63, 3.8) is 0 Å². The second kappa shape index (κ2) is 6.74. The minimum Gasteiger partial charge on any atom is -0.457 e. The molecule has 0 aliphatic rings. The molecule has 0 aliphatic carbocycles. The molecule has 0 saturated heterocycles. The maximum absolute atomic E-state index is 13.6. The van der Waals surface area contributed by atoms with Gasteiger partial charge in [-0.15, -0.1) is 5.10 Å². The Morgan fingerprint density at radius 3 is 2.69 bits per heavy atom. The van der Waals surface area contributed by atoms with Crippen LogP contribution in [0.4, 0.5) is 13.2 Å². The summed E-state index contributed by atoms with van der Waals surface area (Å²) in [6.07, 6.45) is 3.16. The number of aryl methyl sites for hydroxylation is 2. The number of aromatic nitrogens is 5. The normalized spacial score (nSPS) is 11.6. The Balaban J connectivity index is 1.76. The zero-order chi connectivity index (χ0) is 18.9. The summed E-state index contributed by atoms with van der Waals surface area (Å²) in [6.45, 7) is 4.43. The van der Waals surface area contributed by atoms with Gasteiger partial charge in [-0.05, 0) is 37.6 Å². The minimum absolute atomic E-state index is 0.0560. The number of rotatable bonds is 5. The Labute approximate surface area is 147 Å². The molecule has 9 heteroatoms. The van der Waals surface area contributed by atoms with E-state index in [1.165, 1.54) is 16.9 Å². The van der Waals surface area contributed by atoms with Gasteiger partial charge in [0.25, 0.3) is 5.92 Å². The van der Waals surface area contributed by atoms with E-state index in [2.05, 4.69) is 20.3 Å². The van der Waals surface area contributed by atoms with Crippen LogP contribution >= 0.6 is 0 Å². The molecule has 0 atom stereocenters. The third-order valence-corrected chi connectivity index (χ3v) is 3.78. The fraction of sp³-hybridized carbons (Fsp3) is 0.294. The standard InChI is InChI=1S/C17H16F3N5O/c1-10-7-21-16(22-11(10)2)26-9-12-8-25(24-23-12)13-4-5-15(18)14(6-13)17(3,19)20/h4-8H,9H2,1-3H3. The van der Waals surface area contributed by atoms with Gasteiger partial charge in [0.2, 0.25) is 0 Å². The third-order valence-electron chi connectivity index (χ3n) is 3.78. The van der Waals surface area contributed by atoms with Gasteiger partial charge in [-0.3, -0.25) is 0 Å². The number of halogens is 3. The summed E-state index contributed by atoms with van der Waals surface area (Å²) in [5.74, 6) is -4.27. The molecule has 2 heterocycles. The molecule has 136 valence electrons. The first-order valence-corrected chi connectivity index (χ1v) is 7.76. The number of hydrogen-bond donors (Lipinski definition) is 0. The van der Waals surface area contributed by atoms with Crippen LogP contribution in [0.15, 0.2) is 30.6 Å². The predicted molar refractivity (Wildman–Crippen MR) is 86.7 cm³/mol. The fourth-order valence-corrected chi connectivity index (χ4v) is 2.20. The summed E-state index contributed by atoms with van der Waals surface area (Å²) < 4.78 is 47.3. The summed E-state index contributed by atoms with van der Waals surface area (Å²) in [6, 6.07) is 3.57. The van der Waals surface area contributed by atoms with Crippen molar-refractivity contribution in [3.8, 4) is 11.7 Å². The lowest BCUT2D eigenvalue weighted by Crippen LogP contribution is -2.11. The van der Waals surface area contributed by atoms with Crippen LogP contribution in [0.25, 0.3) is 5.69 Å². The first kappa shape index (κ1) is 17.8. The summed E-state index contributed by atoms with van der Waals surface area (Å²) in [5.41, 5.74) is 1.76. The van der Waals surface area contributed by atoms with E-state index in [1.54, 1.807) is 6.20 Å². The second-order valence-corrected chi connectivity index (χ2v) is 5.92. The molecule has 26 heavy (non-hydrogen) atoms. The molecular weight excluding hydrogens is 347 g/mol. The van der Waals surface area contributed by atoms with Crippen LogP contribution < -0.4 is 4.74 Å². The molecule has 0 radical (unpaired) electrons. The van der Waals surface area contributed by atoms with Gasteiger partial charge in [0.1, 0.15) is 18.1 Å². The van der Waals surface area contributed by atoms with Gasteiger partial charge in [0.05, 0.1) is 17.4 Å². The van der Waals surface area contributed by atoms with Crippen molar-refractivity contribution in [2.75, 3.05) is 0 Å². The quantitative estimate of drug-likeness (QED) is 0.694. The zero-order valence-electron chi connectivity index (χ0n) is 14.4. The molecule has 0 saturated carbocycles. The van der Waals surface area contributed by atoms with E-state index in [-0.39, 0.29) is 18.3 Å². The van der Waals surface area contributed by atoms with Crippen LogP contribution in [0, 0.1) is 19.7 Å². The van der Waals surface area contributed by atoms with Gasteiger partial charge >= 0.3 is 6.01 Å². The number of ether oxygens (including phenoxy) is 1. The molecular formula is C17H16F3N5O. The summed E-state index contributed by atoms with van der Waals surface area (Å²) in [7, 11) is 0. The average molecular weight is 363 g/mol. The van der Waals surface area contributed by atoms with E-state index in [1.807, 2.05) is 13.8 Å². The van der Waals surface area contributed by atoms with Crippen molar-refractivity contribution in [1.29, 1.82) is 0 Å². The number of nitrogens with zero attached hydrogens (tertiary/aromatic N) is 5. The van der Waals surface area contributed by atoms with Gasteiger partial charge in [-0.25, -0.2) is 27.8 Å². The SMILES string of the molecule is Cc1cnc(OCc2cn(-c3ccc(F)c(C(C)(F)F)c3)nn2)nc1C. The van der Waals surface area contributed by atoms with E-state index in [4.69, 9.17) is 4.74 Å². The van der Waals surface area contributed by atoms with Crippen LogP contribution in [-0.4, -0.2) is 25.0 Å². The van der Waals surface area contributed by atoms with Gasteiger partial charge < -0.3 is 4.74 Å². The highest BCUT2D eigenvalue weighted by Gasteiger charge is 2.28. The topological polar surface area (TPSA) is 65.7 Å². The van der Waals surface area contributed by atoms with E-state index >= 15 is 0 Å².